The Kier molecular flexibility index (Phi) is 1.41. The normalized spacial score (nSPS) is 37.6. The van der Waals surface area contributed by atoms with Crippen molar-refractivity contribution in [2.45, 2.75) is 29.8 Å². The van der Waals surface area contributed by atoms with Crippen molar-refractivity contribution in [2.24, 2.45) is 5.92 Å². The van der Waals surface area contributed by atoms with Gasteiger partial charge in [-0.3, -0.25) is 4.79 Å². The molecule has 0 aromatic rings. The van der Waals surface area contributed by atoms with Crippen LogP contribution in [0.3, 0.4) is 0 Å². The lowest BCUT2D eigenvalue weighted by molar-refractivity contribution is -0.138. The third kappa shape index (κ3) is 1.29. The fraction of sp³-hybridized carbons (Fsp3) is 0.857. The van der Waals surface area contributed by atoms with Crippen LogP contribution in [-0.4, -0.2) is 21.6 Å². The average Bonchev–Trinajstić information content (AvgIpc) is 2.63. The Balaban J connectivity index is 1.73. The van der Waals surface area contributed by atoms with Crippen LogP contribution in [0, 0.1) is 5.92 Å². The van der Waals surface area contributed by atoms with Crippen LogP contribution < -0.4 is 0 Å². The molecule has 0 aliphatic heterocycles. The lowest BCUT2D eigenvalue weighted by Gasteiger charge is -1.91. The number of hydrogen-bond donors (Lipinski definition) is 1. The molecular formula is C7H10O2S. The predicted molar refractivity (Wildman–Crippen MR) is 40.1 cm³/mol. The van der Waals surface area contributed by atoms with Crippen molar-refractivity contribution in [3.63, 3.8) is 0 Å². The summed E-state index contributed by atoms with van der Waals surface area (Å²) in [5.74, 6) is -0.608. The van der Waals surface area contributed by atoms with E-state index in [0.717, 1.165) is 11.7 Å². The van der Waals surface area contributed by atoms with E-state index in [2.05, 4.69) is 0 Å². The lowest BCUT2D eigenvalue weighted by Crippen LogP contribution is -2.00. The Morgan fingerprint density at radius 1 is 1.50 bits per heavy atom. The Morgan fingerprint density at radius 3 is 2.60 bits per heavy atom. The van der Waals surface area contributed by atoms with Gasteiger partial charge in [0, 0.05) is 10.5 Å². The van der Waals surface area contributed by atoms with E-state index in [4.69, 9.17) is 5.11 Å². The number of carbonyl (C=O) groups is 1. The summed E-state index contributed by atoms with van der Waals surface area (Å²) in [5.41, 5.74) is 0. The van der Waals surface area contributed by atoms with Crippen molar-refractivity contribution in [2.75, 3.05) is 0 Å². The molecule has 2 atom stereocenters. The highest BCUT2D eigenvalue weighted by molar-refractivity contribution is 8.01. The van der Waals surface area contributed by atoms with E-state index in [0.29, 0.717) is 5.25 Å². The van der Waals surface area contributed by atoms with Crippen molar-refractivity contribution in [1.29, 1.82) is 0 Å². The molecule has 2 rings (SSSR count). The number of hydrogen-bond acceptors (Lipinski definition) is 2. The molecule has 2 fully saturated rings. The molecule has 3 heteroatoms. The molecule has 1 N–H and O–H groups in total. The van der Waals surface area contributed by atoms with Crippen molar-refractivity contribution in [1.82, 2.24) is 0 Å². The summed E-state index contributed by atoms with van der Waals surface area (Å²) in [5, 5.41) is 9.82. The largest absolute Gasteiger partial charge is 0.481 e. The van der Waals surface area contributed by atoms with E-state index < -0.39 is 5.97 Å². The molecule has 10 heavy (non-hydrogen) atoms. The summed E-state index contributed by atoms with van der Waals surface area (Å²) in [6.45, 7) is 0. The topological polar surface area (TPSA) is 37.3 Å². The molecular weight excluding hydrogens is 148 g/mol. The Morgan fingerprint density at radius 2 is 2.20 bits per heavy atom. The molecule has 2 aliphatic rings. The van der Waals surface area contributed by atoms with Gasteiger partial charge in [0.1, 0.15) is 0 Å². The first-order chi connectivity index (χ1) is 4.77. The maximum absolute atomic E-state index is 10.4. The minimum atomic E-state index is -0.599. The summed E-state index contributed by atoms with van der Waals surface area (Å²) < 4.78 is 0. The van der Waals surface area contributed by atoms with Crippen molar-refractivity contribution >= 4 is 17.7 Å². The van der Waals surface area contributed by atoms with Gasteiger partial charge in [0.25, 0.3) is 0 Å². The van der Waals surface area contributed by atoms with Gasteiger partial charge in [-0.15, -0.1) is 0 Å². The summed E-state index contributed by atoms with van der Waals surface area (Å²) in [7, 11) is 0. The first-order valence-electron chi connectivity index (χ1n) is 3.65. The second-order valence-corrected chi connectivity index (χ2v) is 4.60. The number of carboxylic acid groups (broad SMARTS) is 1. The summed E-state index contributed by atoms with van der Waals surface area (Å²) >= 11 is 1.89. The molecule has 0 aromatic carbocycles. The van der Waals surface area contributed by atoms with Crippen LogP contribution in [0.25, 0.3) is 0 Å². The van der Waals surface area contributed by atoms with Crippen LogP contribution in [0.1, 0.15) is 19.3 Å². The minimum absolute atomic E-state index is 0.00870. The summed E-state index contributed by atoms with van der Waals surface area (Å²) in [6, 6.07) is 0. The van der Waals surface area contributed by atoms with E-state index in [1.807, 2.05) is 11.8 Å². The molecule has 0 bridgehead atoms. The van der Waals surface area contributed by atoms with Crippen LogP contribution >= 0.6 is 11.8 Å². The van der Waals surface area contributed by atoms with Crippen molar-refractivity contribution in [3.05, 3.63) is 0 Å². The summed E-state index contributed by atoms with van der Waals surface area (Å²) in [6.07, 6.45) is 3.54. The molecule has 2 aliphatic carbocycles. The zero-order chi connectivity index (χ0) is 7.14. The Bertz CT molecular complexity index is 165. The molecule has 0 heterocycles. The van der Waals surface area contributed by atoms with Crippen LogP contribution in [-0.2, 0) is 4.79 Å². The van der Waals surface area contributed by atoms with Gasteiger partial charge in [0.2, 0.25) is 0 Å². The number of rotatable bonds is 3. The maximum atomic E-state index is 10.4. The molecule has 0 aromatic heterocycles. The first-order valence-corrected chi connectivity index (χ1v) is 4.60. The zero-order valence-electron chi connectivity index (χ0n) is 5.62. The molecule has 0 amide bonds. The highest BCUT2D eigenvalue weighted by Crippen LogP contribution is 2.49. The van der Waals surface area contributed by atoms with Gasteiger partial charge in [-0.05, 0) is 19.3 Å². The highest BCUT2D eigenvalue weighted by Gasteiger charge is 2.46. The fourth-order valence-corrected chi connectivity index (χ4v) is 2.56. The molecule has 0 saturated heterocycles. The van der Waals surface area contributed by atoms with Gasteiger partial charge in [0.15, 0.2) is 0 Å². The van der Waals surface area contributed by atoms with E-state index >= 15 is 0 Å². The van der Waals surface area contributed by atoms with E-state index in [1.54, 1.807) is 0 Å². The number of thioether (sulfide) groups is 1. The van der Waals surface area contributed by atoms with Crippen LogP contribution in [0.2, 0.25) is 0 Å². The SMILES string of the molecule is O=C(O)C1CC1SC1CC1. The van der Waals surface area contributed by atoms with E-state index in [-0.39, 0.29) is 5.92 Å². The van der Waals surface area contributed by atoms with E-state index in [9.17, 15) is 4.79 Å². The first kappa shape index (κ1) is 6.53. The molecule has 2 unspecified atom stereocenters. The molecule has 0 spiro atoms. The van der Waals surface area contributed by atoms with E-state index in [1.165, 1.54) is 12.8 Å². The lowest BCUT2D eigenvalue weighted by atomic mass is 10.4. The van der Waals surface area contributed by atoms with Gasteiger partial charge in [-0.2, -0.15) is 11.8 Å². The van der Waals surface area contributed by atoms with Gasteiger partial charge in [-0.1, -0.05) is 0 Å². The second-order valence-electron chi connectivity index (χ2n) is 3.05. The fourth-order valence-electron chi connectivity index (χ4n) is 1.03. The minimum Gasteiger partial charge on any atom is -0.481 e. The third-order valence-corrected chi connectivity index (χ3v) is 3.67. The van der Waals surface area contributed by atoms with Crippen molar-refractivity contribution in [3.8, 4) is 0 Å². The maximum Gasteiger partial charge on any atom is 0.307 e. The van der Waals surface area contributed by atoms with Gasteiger partial charge in [-0.25, -0.2) is 0 Å². The van der Waals surface area contributed by atoms with Gasteiger partial charge >= 0.3 is 5.97 Å². The van der Waals surface area contributed by atoms with Crippen LogP contribution in [0.15, 0.2) is 0 Å². The number of aliphatic carboxylic acids is 1. The Labute approximate surface area is 64.0 Å². The standard InChI is InChI=1S/C7H10O2S/c8-7(9)5-3-6(5)10-4-1-2-4/h4-6H,1-3H2,(H,8,9). The predicted octanol–water partition coefficient (Wildman–Crippen LogP) is 1.36. The average molecular weight is 158 g/mol. The van der Waals surface area contributed by atoms with Gasteiger partial charge < -0.3 is 5.11 Å². The van der Waals surface area contributed by atoms with Crippen LogP contribution in [0.4, 0.5) is 0 Å². The Hall–Kier alpha value is -0.180. The molecule has 56 valence electrons. The monoisotopic (exact) mass is 158 g/mol. The molecule has 2 saturated carbocycles. The second kappa shape index (κ2) is 2.16. The smallest absolute Gasteiger partial charge is 0.307 e. The zero-order valence-corrected chi connectivity index (χ0v) is 6.43. The quantitative estimate of drug-likeness (QED) is 0.673. The molecule has 2 nitrogen and oxygen atoms in total. The molecule has 0 radical (unpaired) electrons. The van der Waals surface area contributed by atoms with Gasteiger partial charge in [0.05, 0.1) is 5.92 Å². The number of carboxylic acids is 1. The van der Waals surface area contributed by atoms with Crippen LogP contribution in [0.5, 0.6) is 0 Å². The third-order valence-electron chi connectivity index (χ3n) is 1.94. The summed E-state index contributed by atoms with van der Waals surface area (Å²) in [4.78, 5) is 10.4. The van der Waals surface area contributed by atoms with Crippen molar-refractivity contribution < 1.29 is 9.90 Å². The highest BCUT2D eigenvalue weighted by atomic mass is 32.2.